The van der Waals surface area contributed by atoms with E-state index in [1.807, 2.05) is 24.0 Å². The van der Waals surface area contributed by atoms with Gasteiger partial charge in [0.15, 0.2) is 0 Å². The van der Waals surface area contributed by atoms with E-state index in [0.717, 1.165) is 37.7 Å². The largest absolute Gasteiger partial charge is 0.497 e. The second-order valence-electron chi connectivity index (χ2n) is 8.49. The third-order valence-electron chi connectivity index (χ3n) is 6.23. The number of nitrogens with one attached hydrogen (secondary N) is 1. The third-order valence-corrected chi connectivity index (χ3v) is 6.23. The minimum atomic E-state index is -0.205. The van der Waals surface area contributed by atoms with Crippen LogP contribution >= 0.6 is 0 Å². The van der Waals surface area contributed by atoms with Gasteiger partial charge in [0.25, 0.3) is 5.91 Å². The summed E-state index contributed by atoms with van der Waals surface area (Å²) < 4.78 is 11.6. The zero-order valence-corrected chi connectivity index (χ0v) is 18.8. The first-order valence-corrected chi connectivity index (χ1v) is 11.4. The Kier molecular flexibility index (Phi) is 6.93. The first-order valence-electron chi connectivity index (χ1n) is 11.4. The average molecular weight is 438 g/mol. The SMILES string of the molecule is CCC(NC(=O)c1cc(OC)ccc1OC1CCN(C(=O)C2CC2)CC1)c1ccncc1. The predicted octanol–water partition coefficient (Wildman–Crippen LogP) is 3.75. The van der Waals surface area contributed by atoms with Crippen molar-refractivity contribution in [3.05, 3.63) is 53.9 Å². The molecular weight excluding hydrogens is 406 g/mol. The average Bonchev–Trinajstić information content (AvgIpc) is 3.69. The second-order valence-corrected chi connectivity index (χ2v) is 8.49. The molecule has 0 radical (unpaired) electrons. The number of hydrogen-bond donors (Lipinski definition) is 1. The van der Waals surface area contributed by atoms with Crippen LogP contribution in [0.15, 0.2) is 42.7 Å². The Hall–Kier alpha value is -3.09. The van der Waals surface area contributed by atoms with E-state index >= 15 is 0 Å². The van der Waals surface area contributed by atoms with E-state index in [4.69, 9.17) is 9.47 Å². The summed E-state index contributed by atoms with van der Waals surface area (Å²) in [4.78, 5) is 31.5. The maximum absolute atomic E-state index is 13.2. The molecule has 4 rings (SSSR count). The van der Waals surface area contributed by atoms with Gasteiger partial charge in [-0.1, -0.05) is 6.92 Å². The molecule has 1 aromatic heterocycles. The standard InChI is InChI=1S/C25H31N3O4/c1-3-22(17-8-12-26-13-9-17)27-24(29)21-16-20(31-2)6-7-23(21)32-19-10-14-28(15-11-19)25(30)18-4-5-18/h6-9,12-13,16,18-19,22H,3-5,10-11,14-15H2,1-2H3,(H,27,29). The summed E-state index contributed by atoms with van der Waals surface area (Å²) in [6, 6.07) is 9.01. The summed E-state index contributed by atoms with van der Waals surface area (Å²) in [6.45, 7) is 3.44. The first-order chi connectivity index (χ1) is 15.6. The number of piperidine rings is 1. The van der Waals surface area contributed by atoms with Crippen molar-refractivity contribution >= 4 is 11.8 Å². The highest BCUT2D eigenvalue weighted by molar-refractivity contribution is 5.97. The van der Waals surface area contributed by atoms with E-state index in [1.54, 1.807) is 37.7 Å². The number of ether oxygens (including phenoxy) is 2. The minimum Gasteiger partial charge on any atom is -0.497 e. The van der Waals surface area contributed by atoms with Crippen molar-refractivity contribution in [3.63, 3.8) is 0 Å². The van der Waals surface area contributed by atoms with Crippen LogP contribution in [0.5, 0.6) is 11.5 Å². The number of carbonyl (C=O) groups excluding carboxylic acids is 2. The minimum absolute atomic E-state index is 0.0274. The van der Waals surface area contributed by atoms with E-state index in [0.29, 0.717) is 30.2 Å². The number of pyridine rings is 1. The van der Waals surface area contributed by atoms with Crippen LogP contribution in [-0.2, 0) is 4.79 Å². The van der Waals surface area contributed by atoms with E-state index in [-0.39, 0.29) is 29.9 Å². The molecular formula is C25H31N3O4. The fraction of sp³-hybridized carbons (Fsp3) is 0.480. The van der Waals surface area contributed by atoms with Gasteiger partial charge in [-0.2, -0.15) is 0 Å². The number of rotatable bonds is 8. The molecule has 2 heterocycles. The van der Waals surface area contributed by atoms with Crippen LogP contribution in [0.25, 0.3) is 0 Å². The zero-order valence-electron chi connectivity index (χ0n) is 18.8. The Labute approximate surface area is 189 Å². The second kappa shape index (κ2) is 10.0. The molecule has 1 aliphatic carbocycles. The lowest BCUT2D eigenvalue weighted by Gasteiger charge is -2.32. The molecule has 1 aromatic carbocycles. The van der Waals surface area contributed by atoms with Crippen molar-refractivity contribution in [2.45, 2.75) is 51.2 Å². The number of hydrogen-bond acceptors (Lipinski definition) is 5. The zero-order chi connectivity index (χ0) is 22.5. The number of likely N-dealkylation sites (tertiary alicyclic amines) is 1. The summed E-state index contributed by atoms with van der Waals surface area (Å²) in [5.41, 5.74) is 1.46. The van der Waals surface area contributed by atoms with Gasteiger partial charge in [-0.15, -0.1) is 0 Å². The van der Waals surface area contributed by atoms with Crippen molar-refractivity contribution < 1.29 is 19.1 Å². The Morgan fingerprint density at radius 2 is 1.84 bits per heavy atom. The quantitative estimate of drug-likeness (QED) is 0.680. The molecule has 0 spiro atoms. The molecule has 1 unspecified atom stereocenters. The Morgan fingerprint density at radius 3 is 2.47 bits per heavy atom. The highest BCUT2D eigenvalue weighted by Gasteiger charge is 2.35. The number of aromatic nitrogens is 1. The van der Waals surface area contributed by atoms with Gasteiger partial charge in [-0.25, -0.2) is 0 Å². The molecule has 32 heavy (non-hydrogen) atoms. The lowest BCUT2D eigenvalue weighted by atomic mass is 10.0. The van der Waals surface area contributed by atoms with Crippen molar-refractivity contribution in [2.24, 2.45) is 5.92 Å². The number of amides is 2. The number of methoxy groups -OCH3 is 1. The lowest BCUT2D eigenvalue weighted by molar-refractivity contribution is -0.134. The lowest BCUT2D eigenvalue weighted by Crippen LogP contribution is -2.42. The molecule has 7 nitrogen and oxygen atoms in total. The molecule has 2 amide bonds. The molecule has 1 aliphatic heterocycles. The van der Waals surface area contributed by atoms with Crippen LogP contribution in [0, 0.1) is 5.92 Å². The van der Waals surface area contributed by atoms with Gasteiger partial charge in [-0.05, 0) is 55.2 Å². The monoisotopic (exact) mass is 437 g/mol. The summed E-state index contributed by atoms with van der Waals surface area (Å²) in [6.07, 6.45) is 7.76. The van der Waals surface area contributed by atoms with Gasteiger partial charge in [0.1, 0.15) is 17.6 Å². The van der Waals surface area contributed by atoms with Gasteiger partial charge in [-0.3, -0.25) is 14.6 Å². The van der Waals surface area contributed by atoms with E-state index in [9.17, 15) is 9.59 Å². The van der Waals surface area contributed by atoms with Gasteiger partial charge >= 0.3 is 0 Å². The van der Waals surface area contributed by atoms with E-state index in [2.05, 4.69) is 10.3 Å². The fourth-order valence-corrected chi connectivity index (χ4v) is 4.13. The van der Waals surface area contributed by atoms with Gasteiger partial charge < -0.3 is 19.7 Å². The maximum Gasteiger partial charge on any atom is 0.255 e. The summed E-state index contributed by atoms with van der Waals surface area (Å²) in [7, 11) is 1.58. The Balaban J connectivity index is 1.45. The molecule has 1 saturated carbocycles. The topological polar surface area (TPSA) is 80.8 Å². The van der Waals surface area contributed by atoms with Crippen molar-refractivity contribution in [1.29, 1.82) is 0 Å². The van der Waals surface area contributed by atoms with Gasteiger partial charge in [0, 0.05) is 44.2 Å². The highest BCUT2D eigenvalue weighted by Crippen LogP contribution is 2.33. The smallest absolute Gasteiger partial charge is 0.255 e. The van der Waals surface area contributed by atoms with E-state index < -0.39 is 0 Å². The van der Waals surface area contributed by atoms with Crippen LogP contribution in [0.3, 0.4) is 0 Å². The summed E-state index contributed by atoms with van der Waals surface area (Å²) in [5.74, 6) is 1.47. The molecule has 2 fully saturated rings. The normalized spacial score (nSPS) is 17.5. The van der Waals surface area contributed by atoms with E-state index in [1.165, 1.54) is 0 Å². The molecule has 7 heteroatoms. The van der Waals surface area contributed by atoms with Gasteiger partial charge in [0.2, 0.25) is 5.91 Å². The third kappa shape index (κ3) is 5.21. The fourth-order valence-electron chi connectivity index (χ4n) is 4.13. The summed E-state index contributed by atoms with van der Waals surface area (Å²) >= 11 is 0. The molecule has 1 atom stereocenters. The van der Waals surface area contributed by atoms with Gasteiger partial charge in [0.05, 0.1) is 18.7 Å². The molecule has 2 aromatic rings. The van der Waals surface area contributed by atoms with Crippen LogP contribution in [0.2, 0.25) is 0 Å². The molecule has 0 bridgehead atoms. The molecule has 2 aliphatic rings. The predicted molar refractivity (Wildman–Crippen MR) is 121 cm³/mol. The van der Waals surface area contributed by atoms with Crippen LogP contribution in [-0.4, -0.2) is 48.0 Å². The Bertz CT molecular complexity index is 937. The number of carbonyl (C=O) groups is 2. The van der Waals surface area contributed by atoms with Crippen molar-refractivity contribution in [1.82, 2.24) is 15.2 Å². The molecule has 1 N–H and O–H groups in total. The maximum atomic E-state index is 13.2. The number of benzene rings is 1. The number of nitrogens with zero attached hydrogens (tertiary/aromatic N) is 2. The van der Waals surface area contributed by atoms with Crippen LogP contribution in [0.4, 0.5) is 0 Å². The highest BCUT2D eigenvalue weighted by atomic mass is 16.5. The first kappa shape index (κ1) is 22.1. The Morgan fingerprint density at radius 1 is 1.12 bits per heavy atom. The van der Waals surface area contributed by atoms with Crippen molar-refractivity contribution in [2.75, 3.05) is 20.2 Å². The summed E-state index contributed by atoms with van der Waals surface area (Å²) in [5, 5.41) is 3.11. The molecule has 170 valence electrons. The van der Waals surface area contributed by atoms with Crippen LogP contribution in [0.1, 0.15) is 61.0 Å². The van der Waals surface area contributed by atoms with Crippen molar-refractivity contribution in [3.8, 4) is 11.5 Å². The molecule has 1 saturated heterocycles. The van der Waals surface area contributed by atoms with Crippen LogP contribution < -0.4 is 14.8 Å².